The third kappa shape index (κ3) is 5.86. The largest absolute Gasteiger partial charge is 0.447 e. The molecule has 0 aromatic carbocycles. The average molecular weight is 265 g/mol. The predicted octanol–water partition coefficient (Wildman–Crippen LogP) is 1.79. The Morgan fingerprint density at radius 3 is 2.19 bits per heavy atom. The van der Waals surface area contributed by atoms with Crippen molar-refractivity contribution in [3.05, 3.63) is 0 Å². The van der Waals surface area contributed by atoms with Crippen molar-refractivity contribution in [1.82, 2.24) is 8.61 Å². The lowest BCUT2D eigenvalue weighted by Gasteiger charge is -2.19. The molecule has 0 saturated heterocycles. The van der Waals surface area contributed by atoms with Gasteiger partial charge in [0.05, 0.1) is 12.1 Å². The number of hydrogen-bond acceptors (Lipinski definition) is 6. The van der Waals surface area contributed by atoms with Crippen LogP contribution >= 0.6 is 23.9 Å². The van der Waals surface area contributed by atoms with Crippen LogP contribution in [-0.4, -0.2) is 46.0 Å². The summed E-state index contributed by atoms with van der Waals surface area (Å²) in [4.78, 5) is 26.9. The molecule has 8 heteroatoms. The summed E-state index contributed by atoms with van der Waals surface area (Å²) in [7, 11) is 3.06. The summed E-state index contributed by atoms with van der Waals surface area (Å²) in [6, 6.07) is 0. The molecule has 0 bridgehead atoms. The van der Waals surface area contributed by atoms with Crippen molar-refractivity contribution in [3.63, 3.8) is 0 Å². The SMILES string of the molecule is CS/C(C)=N\OC(=O)N(C)SN(C)C(C)=O. The van der Waals surface area contributed by atoms with Crippen molar-refractivity contribution in [1.29, 1.82) is 0 Å². The van der Waals surface area contributed by atoms with Crippen LogP contribution in [0.3, 0.4) is 0 Å². The maximum absolute atomic E-state index is 11.4. The number of thioether (sulfide) groups is 1. The third-order valence-electron chi connectivity index (χ3n) is 1.49. The summed E-state index contributed by atoms with van der Waals surface area (Å²) in [6.07, 6.45) is 1.20. The Labute approximate surface area is 104 Å². The van der Waals surface area contributed by atoms with E-state index in [0.29, 0.717) is 5.04 Å². The average Bonchev–Trinajstić information content (AvgIpc) is 2.24. The smallest absolute Gasteiger partial charge is 0.296 e. The van der Waals surface area contributed by atoms with Gasteiger partial charge in [-0.1, -0.05) is 5.16 Å². The highest BCUT2D eigenvalue weighted by atomic mass is 32.2. The minimum Gasteiger partial charge on any atom is -0.296 e. The molecule has 92 valence electrons. The Balaban J connectivity index is 4.14. The van der Waals surface area contributed by atoms with E-state index >= 15 is 0 Å². The van der Waals surface area contributed by atoms with E-state index in [9.17, 15) is 9.59 Å². The number of hydrogen-bond donors (Lipinski definition) is 0. The molecular formula is C8H15N3O3S2. The number of rotatable bonds is 3. The van der Waals surface area contributed by atoms with Crippen LogP contribution in [-0.2, 0) is 9.63 Å². The molecule has 0 aliphatic carbocycles. The fourth-order valence-corrected chi connectivity index (χ4v) is 1.17. The first-order chi connectivity index (χ1) is 7.38. The van der Waals surface area contributed by atoms with E-state index in [0.717, 1.165) is 12.1 Å². The monoisotopic (exact) mass is 265 g/mol. The highest BCUT2D eigenvalue weighted by molar-refractivity contribution is 8.13. The van der Waals surface area contributed by atoms with Gasteiger partial charge in [-0.2, -0.15) is 0 Å². The summed E-state index contributed by atoms with van der Waals surface area (Å²) in [5, 5.41) is 4.23. The Morgan fingerprint density at radius 1 is 1.19 bits per heavy atom. The second-order valence-corrected chi connectivity index (χ2v) is 5.03. The molecule has 0 atom stereocenters. The molecule has 0 unspecified atom stereocenters. The Morgan fingerprint density at radius 2 is 1.75 bits per heavy atom. The maximum Gasteiger partial charge on any atom is 0.447 e. The zero-order valence-corrected chi connectivity index (χ0v) is 11.5. The van der Waals surface area contributed by atoms with Gasteiger partial charge in [-0.05, 0) is 13.2 Å². The number of amides is 2. The second-order valence-electron chi connectivity index (χ2n) is 2.77. The minimum absolute atomic E-state index is 0.159. The molecule has 0 radical (unpaired) electrons. The van der Waals surface area contributed by atoms with Gasteiger partial charge in [0.2, 0.25) is 5.91 Å². The molecule has 0 spiro atoms. The lowest BCUT2D eigenvalue weighted by molar-refractivity contribution is -0.123. The Hall–Kier alpha value is -0.890. The fraction of sp³-hybridized carbons (Fsp3) is 0.625. The van der Waals surface area contributed by atoms with Crippen molar-refractivity contribution in [2.24, 2.45) is 5.16 Å². The van der Waals surface area contributed by atoms with Gasteiger partial charge in [0.15, 0.2) is 0 Å². The van der Waals surface area contributed by atoms with E-state index in [1.165, 1.54) is 34.3 Å². The van der Waals surface area contributed by atoms with Crippen LogP contribution in [0.5, 0.6) is 0 Å². The standard InChI is InChI=1S/C8H15N3O3S2/c1-6(15-5)9-14-8(13)11(4)16-10(3)7(2)12/h1-5H3/b9-6-. The first-order valence-corrected chi connectivity index (χ1v) is 6.29. The van der Waals surface area contributed by atoms with Crippen molar-refractivity contribution < 1.29 is 14.4 Å². The van der Waals surface area contributed by atoms with Crippen LogP contribution in [0.25, 0.3) is 0 Å². The molecule has 0 aromatic heterocycles. The van der Waals surface area contributed by atoms with Crippen LogP contribution in [0, 0.1) is 0 Å². The topological polar surface area (TPSA) is 62.2 Å². The van der Waals surface area contributed by atoms with Gasteiger partial charge < -0.3 is 0 Å². The zero-order valence-electron chi connectivity index (χ0n) is 9.88. The molecule has 6 nitrogen and oxygen atoms in total. The molecule has 16 heavy (non-hydrogen) atoms. The van der Waals surface area contributed by atoms with Crippen molar-refractivity contribution >= 4 is 40.9 Å². The van der Waals surface area contributed by atoms with Crippen molar-refractivity contribution in [2.45, 2.75) is 13.8 Å². The summed E-state index contributed by atoms with van der Waals surface area (Å²) < 4.78 is 2.49. The van der Waals surface area contributed by atoms with Crippen LogP contribution in [0.1, 0.15) is 13.8 Å². The van der Waals surface area contributed by atoms with Crippen LogP contribution in [0.15, 0.2) is 5.16 Å². The van der Waals surface area contributed by atoms with E-state index < -0.39 is 6.09 Å². The van der Waals surface area contributed by atoms with Gasteiger partial charge >= 0.3 is 6.09 Å². The molecule has 0 aliphatic heterocycles. The molecule has 0 aliphatic rings. The van der Waals surface area contributed by atoms with Crippen LogP contribution < -0.4 is 0 Å². The molecule has 0 rings (SSSR count). The lowest BCUT2D eigenvalue weighted by Crippen LogP contribution is -2.27. The first kappa shape index (κ1) is 15.1. The normalized spacial score (nSPS) is 10.9. The molecule has 0 heterocycles. The lowest BCUT2D eigenvalue weighted by atomic mass is 10.7. The number of nitrogens with zero attached hydrogens (tertiary/aromatic N) is 3. The van der Waals surface area contributed by atoms with Crippen molar-refractivity contribution in [2.75, 3.05) is 20.4 Å². The van der Waals surface area contributed by atoms with Crippen LogP contribution in [0.2, 0.25) is 0 Å². The summed E-state index contributed by atoms with van der Waals surface area (Å²) in [5.74, 6) is -0.159. The number of carbonyl (C=O) groups excluding carboxylic acids is 2. The van der Waals surface area contributed by atoms with Gasteiger partial charge in [0, 0.05) is 21.0 Å². The Kier molecular flexibility index (Phi) is 6.98. The molecular weight excluding hydrogens is 250 g/mol. The minimum atomic E-state index is -0.633. The third-order valence-corrected chi connectivity index (χ3v) is 3.05. The van der Waals surface area contributed by atoms with Gasteiger partial charge in [-0.25, -0.2) is 9.10 Å². The maximum atomic E-state index is 11.4. The Bertz CT molecular complexity index is 296. The molecule has 0 saturated carbocycles. The van der Waals surface area contributed by atoms with E-state index in [1.54, 1.807) is 14.0 Å². The fourth-order valence-electron chi connectivity index (χ4n) is 0.473. The molecule has 0 fully saturated rings. The molecule has 0 aromatic rings. The van der Waals surface area contributed by atoms with Gasteiger partial charge in [0.1, 0.15) is 5.04 Å². The van der Waals surface area contributed by atoms with Gasteiger partial charge in [-0.3, -0.25) is 13.9 Å². The quantitative estimate of drug-likeness (QED) is 0.256. The second kappa shape index (κ2) is 7.39. The van der Waals surface area contributed by atoms with E-state index in [2.05, 4.69) is 9.99 Å². The number of carbonyl (C=O) groups is 2. The van der Waals surface area contributed by atoms with Crippen molar-refractivity contribution in [3.8, 4) is 0 Å². The highest BCUT2D eigenvalue weighted by Crippen LogP contribution is 2.13. The summed E-state index contributed by atoms with van der Waals surface area (Å²) in [6.45, 7) is 3.13. The van der Waals surface area contributed by atoms with Crippen LogP contribution in [0.4, 0.5) is 4.79 Å². The predicted molar refractivity (Wildman–Crippen MR) is 66.9 cm³/mol. The summed E-state index contributed by atoms with van der Waals surface area (Å²) in [5.41, 5.74) is 0. The van der Waals surface area contributed by atoms with Gasteiger partial charge in [0.25, 0.3) is 0 Å². The molecule has 0 N–H and O–H groups in total. The van der Waals surface area contributed by atoms with E-state index in [1.807, 2.05) is 6.26 Å². The number of oxime groups is 1. The van der Waals surface area contributed by atoms with E-state index in [4.69, 9.17) is 0 Å². The summed E-state index contributed by atoms with van der Waals surface area (Å²) >= 11 is 2.32. The zero-order chi connectivity index (χ0) is 12.7. The molecule has 2 amide bonds. The highest BCUT2D eigenvalue weighted by Gasteiger charge is 2.15. The van der Waals surface area contributed by atoms with Gasteiger partial charge in [-0.15, -0.1) is 11.8 Å². The first-order valence-electron chi connectivity index (χ1n) is 4.34. The van der Waals surface area contributed by atoms with E-state index in [-0.39, 0.29) is 5.91 Å².